The molecule has 0 amide bonds. The largest absolute Gasteiger partial charge is 0.378 e. The van der Waals surface area contributed by atoms with Gasteiger partial charge in [0.1, 0.15) is 0 Å². The fourth-order valence-electron chi connectivity index (χ4n) is 3.21. The molecule has 1 aliphatic carbocycles. The van der Waals surface area contributed by atoms with Crippen LogP contribution >= 0.6 is 15.9 Å². The molecule has 2 fully saturated rings. The Labute approximate surface area is 114 Å². The summed E-state index contributed by atoms with van der Waals surface area (Å²) in [5.74, 6) is 0. The number of ether oxygens (including phenoxy) is 1. The minimum atomic E-state index is 0.552. The van der Waals surface area contributed by atoms with Gasteiger partial charge in [0.2, 0.25) is 0 Å². The van der Waals surface area contributed by atoms with Gasteiger partial charge in [-0.3, -0.25) is 4.90 Å². The zero-order chi connectivity index (χ0) is 11.9. The number of halogens is 1. The van der Waals surface area contributed by atoms with Crippen LogP contribution in [0.15, 0.2) is 0 Å². The van der Waals surface area contributed by atoms with Crippen molar-refractivity contribution in [3.8, 4) is 0 Å². The standard InChI is InChI=1S/C14H26BrNO/c15-9-11-16(13-5-2-1-3-6-13)10-8-14-7-4-12-17-14/h13-14H,1-12H2. The van der Waals surface area contributed by atoms with Crippen molar-refractivity contribution in [1.29, 1.82) is 0 Å². The SMILES string of the molecule is BrCCN(CCC1CCCO1)C1CCCCC1. The van der Waals surface area contributed by atoms with E-state index in [1.807, 2.05) is 0 Å². The number of alkyl halides is 1. The van der Waals surface area contributed by atoms with Gasteiger partial charge >= 0.3 is 0 Å². The minimum absolute atomic E-state index is 0.552. The Morgan fingerprint density at radius 1 is 1.00 bits per heavy atom. The summed E-state index contributed by atoms with van der Waals surface area (Å²) in [5.41, 5.74) is 0. The maximum atomic E-state index is 5.73. The smallest absolute Gasteiger partial charge is 0.0588 e. The van der Waals surface area contributed by atoms with Crippen LogP contribution in [0.3, 0.4) is 0 Å². The van der Waals surface area contributed by atoms with Crippen molar-refractivity contribution in [2.75, 3.05) is 25.0 Å². The summed E-state index contributed by atoms with van der Waals surface area (Å²) in [6.07, 6.45) is 11.5. The maximum absolute atomic E-state index is 5.73. The summed E-state index contributed by atoms with van der Waals surface area (Å²) in [6, 6.07) is 0.850. The molecule has 0 bridgehead atoms. The van der Waals surface area contributed by atoms with Gasteiger partial charge in [0.15, 0.2) is 0 Å². The summed E-state index contributed by atoms with van der Waals surface area (Å²) in [4.78, 5) is 2.70. The van der Waals surface area contributed by atoms with Crippen LogP contribution in [-0.4, -0.2) is 42.1 Å². The van der Waals surface area contributed by atoms with Crippen LogP contribution in [0.4, 0.5) is 0 Å². The zero-order valence-corrected chi connectivity index (χ0v) is 12.5. The van der Waals surface area contributed by atoms with Gasteiger partial charge in [0, 0.05) is 31.1 Å². The van der Waals surface area contributed by atoms with Gasteiger partial charge < -0.3 is 4.74 Å². The monoisotopic (exact) mass is 303 g/mol. The quantitative estimate of drug-likeness (QED) is 0.695. The van der Waals surface area contributed by atoms with Crippen molar-refractivity contribution in [2.24, 2.45) is 0 Å². The topological polar surface area (TPSA) is 12.5 Å². The molecule has 2 rings (SSSR count). The first kappa shape index (κ1) is 13.8. The molecule has 0 spiro atoms. The summed E-state index contributed by atoms with van der Waals surface area (Å²) >= 11 is 3.60. The minimum Gasteiger partial charge on any atom is -0.378 e. The highest BCUT2D eigenvalue weighted by atomic mass is 79.9. The van der Waals surface area contributed by atoms with E-state index in [4.69, 9.17) is 4.74 Å². The maximum Gasteiger partial charge on any atom is 0.0588 e. The molecule has 0 aromatic carbocycles. The Hall–Kier alpha value is 0.400. The van der Waals surface area contributed by atoms with E-state index in [0.29, 0.717) is 6.10 Å². The van der Waals surface area contributed by atoms with Crippen molar-refractivity contribution in [3.05, 3.63) is 0 Å². The molecule has 1 aliphatic heterocycles. The summed E-state index contributed by atoms with van der Waals surface area (Å²) in [6.45, 7) is 3.44. The van der Waals surface area contributed by atoms with Gasteiger partial charge in [-0.15, -0.1) is 0 Å². The van der Waals surface area contributed by atoms with Crippen LogP contribution in [0.5, 0.6) is 0 Å². The molecule has 0 aromatic rings. The average molecular weight is 304 g/mol. The van der Waals surface area contributed by atoms with Crippen LogP contribution in [0, 0.1) is 0 Å². The highest BCUT2D eigenvalue weighted by molar-refractivity contribution is 9.09. The molecular formula is C14H26BrNO. The normalized spacial score (nSPS) is 26.8. The number of nitrogens with zero attached hydrogens (tertiary/aromatic N) is 1. The second-order valence-electron chi connectivity index (χ2n) is 5.44. The zero-order valence-electron chi connectivity index (χ0n) is 10.9. The lowest BCUT2D eigenvalue weighted by atomic mass is 9.94. The predicted octanol–water partition coefficient (Wildman–Crippen LogP) is 3.59. The molecule has 0 N–H and O–H groups in total. The highest BCUT2D eigenvalue weighted by Crippen LogP contribution is 2.24. The van der Waals surface area contributed by atoms with Crippen molar-refractivity contribution in [3.63, 3.8) is 0 Å². The lowest BCUT2D eigenvalue weighted by Crippen LogP contribution is -2.39. The molecule has 1 unspecified atom stereocenters. The van der Waals surface area contributed by atoms with Crippen molar-refractivity contribution in [1.82, 2.24) is 4.90 Å². The van der Waals surface area contributed by atoms with E-state index in [1.165, 1.54) is 64.5 Å². The molecule has 3 heteroatoms. The van der Waals surface area contributed by atoms with Gasteiger partial charge in [-0.1, -0.05) is 35.2 Å². The number of hydrogen-bond acceptors (Lipinski definition) is 2. The van der Waals surface area contributed by atoms with E-state index in [1.54, 1.807) is 0 Å². The van der Waals surface area contributed by atoms with Crippen molar-refractivity contribution in [2.45, 2.75) is 63.5 Å². The first-order valence-corrected chi connectivity index (χ1v) is 8.44. The van der Waals surface area contributed by atoms with Gasteiger partial charge in [0.25, 0.3) is 0 Å². The molecule has 0 aromatic heterocycles. The van der Waals surface area contributed by atoms with E-state index in [9.17, 15) is 0 Å². The van der Waals surface area contributed by atoms with E-state index >= 15 is 0 Å². The molecule has 0 radical (unpaired) electrons. The van der Waals surface area contributed by atoms with Crippen LogP contribution in [0.25, 0.3) is 0 Å². The van der Waals surface area contributed by atoms with Crippen LogP contribution in [0.1, 0.15) is 51.4 Å². The third kappa shape index (κ3) is 4.53. The summed E-state index contributed by atoms with van der Waals surface area (Å²) in [7, 11) is 0. The Bertz CT molecular complexity index is 200. The van der Waals surface area contributed by atoms with Gasteiger partial charge in [0.05, 0.1) is 6.10 Å². The molecule has 17 heavy (non-hydrogen) atoms. The molecule has 100 valence electrons. The first-order chi connectivity index (χ1) is 8.40. The van der Waals surface area contributed by atoms with Crippen molar-refractivity contribution < 1.29 is 4.74 Å². The summed E-state index contributed by atoms with van der Waals surface area (Å²) in [5, 5.41) is 1.11. The highest BCUT2D eigenvalue weighted by Gasteiger charge is 2.22. The summed E-state index contributed by atoms with van der Waals surface area (Å²) < 4.78 is 5.73. The van der Waals surface area contributed by atoms with Gasteiger partial charge in [-0.05, 0) is 32.1 Å². The Morgan fingerprint density at radius 3 is 2.47 bits per heavy atom. The molecule has 2 nitrogen and oxygen atoms in total. The molecule has 1 atom stereocenters. The fourth-order valence-corrected chi connectivity index (χ4v) is 3.67. The second-order valence-corrected chi connectivity index (χ2v) is 6.23. The fraction of sp³-hybridized carbons (Fsp3) is 1.00. The Morgan fingerprint density at radius 2 is 1.82 bits per heavy atom. The number of rotatable bonds is 6. The van der Waals surface area contributed by atoms with E-state index in [-0.39, 0.29) is 0 Å². The third-order valence-electron chi connectivity index (χ3n) is 4.23. The molecular weight excluding hydrogens is 278 g/mol. The predicted molar refractivity (Wildman–Crippen MR) is 75.8 cm³/mol. The van der Waals surface area contributed by atoms with Crippen LogP contribution < -0.4 is 0 Å². The van der Waals surface area contributed by atoms with Crippen molar-refractivity contribution >= 4 is 15.9 Å². The molecule has 1 saturated carbocycles. The number of hydrogen-bond donors (Lipinski definition) is 0. The Balaban J connectivity index is 1.74. The van der Waals surface area contributed by atoms with Crippen LogP contribution in [-0.2, 0) is 4.74 Å². The molecule has 1 heterocycles. The average Bonchev–Trinajstić information content (AvgIpc) is 2.88. The van der Waals surface area contributed by atoms with Gasteiger partial charge in [-0.2, -0.15) is 0 Å². The second kappa shape index (κ2) is 7.75. The molecule has 1 saturated heterocycles. The van der Waals surface area contributed by atoms with E-state index in [0.717, 1.165) is 18.0 Å². The van der Waals surface area contributed by atoms with E-state index in [2.05, 4.69) is 20.8 Å². The third-order valence-corrected chi connectivity index (χ3v) is 4.58. The van der Waals surface area contributed by atoms with Gasteiger partial charge in [-0.25, -0.2) is 0 Å². The Kier molecular flexibility index (Phi) is 6.30. The molecule has 2 aliphatic rings. The van der Waals surface area contributed by atoms with Crippen LogP contribution in [0.2, 0.25) is 0 Å². The first-order valence-electron chi connectivity index (χ1n) is 7.32. The lowest BCUT2D eigenvalue weighted by molar-refractivity contribution is 0.0804. The lowest BCUT2D eigenvalue weighted by Gasteiger charge is -2.34. The van der Waals surface area contributed by atoms with E-state index < -0.39 is 0 Å².